The molecule has 1 unspecified atom stereocenters. The van der Waals surface area contributed by atoms with Gasteiger partial charge in [0.05, 0.1) is 0 Å². The Balaban J connectivity index is 4.40. The van der Waals surface area contributed by atoms with Crippen LogP contribution in [0.2, 0.25) is 19.6 Å². The van der Waals surface area contributed by atoms with Gasteiger partial charge in [-0.05, 0) is 48.2 Å². The Hall–Kier alpha value is 0.354. The molecule has 80 valence electrons. The lowest BCUT2D eigenvalue weighted by Crippen LogP contribution is -2.59. The van der Waals surface area contributed by atoms with Crippen molar-refractivity contribution >= 4 is 17.1 Å². The van der Waals surface area contributed by atoms with Gasteiger partial charge < -0.3 is 16.3 Å². The smallest absolute Gasteiger partial charge is 0.171 e. The molecule has 1 N–H and O–H groups in total. The van der Waals surface area contributed by atoms with Crippen molar-refractivity contribution < 1.29 is 4.43 Å². The summed E-state index contributed by atoms with van der Waals surface area (Å²) in [4.78, 5) is 0. The molecule has 0 radical (unpaired) electrons. The molecule has 0 aromatic heterocycles. The molecule has 0 aliphatic rings. The van der Waals surface area contributed by atoms with Gasteiger partial charge in [0.2, 0.25) is 0 Å². The second-order valence-electron chi connectivity index (χ2n) is 4.77. The van der Waals surface area contributed by atoms with Crippen molar-refractivity contribution in [2.24, 2.45) is 0 Å². The second kappa shape index (κ2) is 4.73. The van der Waals surface area contributed by atoms with Crippen LogP contribution in [0, 0.1) is 6.55 Å². The highest BCUT2D eigenvalue weighted by Crippen LogP contribution is 2.23. The molecule has 0 bridgehead atoms. The molecule has 0 rings (SSSR count). The minimum absolute atomic E-state index is 0.00357. The summed E-state index contributed by atoms with van der Waals surface area (Å²) in [5.74, 6) is 0. The van der Waals surface area contributed by atoms with Crippen molar-refractivity contribution in [3.05, 3.63) is 6.55 Å². The van der Waals surface area contributed by atoms with Crippen LogP contribution in [0.5, 0.6) is 0 Å². The minimum atomic E-state index is -1.54. The van der Waals surface area contributed by atoms with Crippen molar-refractivity contribution in [1.29, 1.82) is 0 Å². The van der Waals surface area contributed by atoms with E-state index in [1.165, 1.54) is 0 Å². The van der Waals surface area contributed by atoms with Gasteiger partial charge in [0, 0.05) is 5.22 Å². The Labute approximate surface area is 85.8 Å². The first kappa shape index (κ1) is 13.4. The summed E-state index contributed by atoms with van der Waals surface area (Å²) in [5.41, 5.74) is 0. The van der Waals surface area contributed by atoms with Crippen LogP contribution in [0.15, 0.2) is 0 Å². The quantitative estimate of drug-likeness (QED) is 0.558. The van der Waals surface area contributed by atoms with E-state index in [4.69, 9.17) is 4.43 Å². The summed E-state index contributed by atoms with van der Waals surface area (Å²) in [6.07, 6.45) is 1.02. The van der Waals surface area contributed by atoms with Crippen molar-refractivity contribution in [2.45, 2.75) is 38.7 Å². The molecule has 0 aromatic rings. The maximum Gasteiger partial charge on any atom is 0.171 e. The highest BCUT2D eigenvalue weighted by atomic mass is 28.3. The van der Waals surface area contributed by atoms with E-state index >= 15 is 0 Å². The first-order chi connectivity index (χ1) is 5.73. The average molecular weight is 218 g/mol. The van der Waals surface area contributed by atoms with Gasteiger partial charge in [-0.25, -0.2) is 0 Å². The topological polar surface area (TPSA) is 21.3 Å². The summed E-state index contributed by atoms with van der Waals surface area (Å²) < 4.78 is 6.05. The summed E-state index contributed by atoms with van der Waals surface area (Å²) in [6.45, 7) is 15.4. The molecule has 0 fully saturated rings. The molecular formula is C9H24NOSi2-. The van der Waals surface area contributed by atoms with Gasteiger partial charge >= 0.3 is 0 Å². The Kier molecular flexibility index (Phi) is 4.86. The molecule has 0 amide bonds. The van der Waals surface area contributed by atoms with Crippen LogP contribution in [0.25, 0.3) is 0 Å². The normalized spacial score (nSPS) is 17.5. The maximum absolute atomic E-state index is 6.05. The van der Waals surface area contributed by atoms with E-state index in [1.807, 2.05) is 7.05 Å². The van der Waals surface area contributed by atoms with Crippen molar-refractivity contribution in [2.75, 3.05) is 13.2 Å². The maximum atomic E-state index is 6.05. The summed E-state index contributed by atoms with van der Waals surface area (Å²) in [7, 11) is -0.510. The van der Waals surface area contributed by atoms with E-state index in [0.29, 0.717) is 0 Å². The number of rotatable bonds is 5. The SMILES string of the molecule is [CH2-][Si](C)(CNC)C(C)(C)O[SiH](C)C. The first-order valence-electron chi connectivity index (χ1n) is 4.91. The Morgan fingerprint density at radius 3 is 2.23 bits per heavy atom. The van der Waals surface area contributed by atoms with E-state index in [9.17, 15) is 0 Å². The van der Waals surface area contributed by atoms with Gasteiger partial charge in [-0.3, -0.25) is 0 Å². The standard InChI is InChI=1S/C9H24NOSi2/c1-9(2,11-12(4)5)13(6,7)8-10-3/h10,12H,6,8H2,1-5,7H3/q-1. The minimum Gasteiger partial charge on any atom is -0.421 e. The Bertz CT molecular complexity index is 158. The largest absolute Gasteiger partial charge is 0.421 e. The molecule has 0 saturated heterocycles. The zero-order valence-corrected chi connectivity index (χ0v) is 12.1. The lowest BCUT2D eigenvalue weighted by atomic mass is 10.5. The van der Waals surface area contributed by atoms with Crippen LogP contribution in [0.4, 0.5) is 0 Å². The third kappa shape index (κ3) is 3.93. The molecule has 4 heteroatoms. The van der Waals surface area contributed by atoms with Crippen LogP contribution < -0.4 is 5.32 Å². The molecule has 0 aliphatic heterocycles. The molecule has 0 heterocycles. The van der Waals surface area contributed by atoms with E-state index in [1.54, 1.807) is 0 Å². The predicted molar refractivity (Wildman–Crippen MR) is 64.9 cm³/mol. The first-order valence-corrected chi connectivity index (χ1v) is 10.6. The highest BCUT2D eigenvalue weighted by molar-refractivity contribution is 6.83. The summed E-state index contributed by atoms with van der Waals surface area (Å²) in [5, 5.41) is 3.22. The van der Waals surface area contributed by atoms with Crippen LogP contribution in [-0.4, -0.2) is 35.6 Å². The van der Waals surface area contributed by atoms with Crippen LogP contribution in [-0.2, 0) is 4.43 Å². The van der Waals surface area contributed by atoms with Gasteiger partial charge in [0.25, 0.3) is 0 Å². The lowest BCUT2D eigenvalue weighted by molar-refractivity contribution is 0.187. The van der Waals surface area contributed by atoms with E-state index in [0.717, 1.165) is 6.17 Å². The molecule has 2 nitrogen and oxygen atoms in total. The fourth-order valence-corrected chi connectivity index (χ4v) is 5.56. The molecule has 0 aromatic carbocycles. The molecule has 0 saturated carbocycles. The number of hydrogen-bond acceptors (Lipinski definition) is 2. The predicted octanol–water partition coefficient (Wildman–Crippen LogP) is 1.51. The molecule has 1 atom stereocenters. The van der Waals surface area contributed by atoms with Crippen LogP contribution in [0.1, 0.15) is 13.8 Å². The Morgan fingerprint density at radius 1 is 1.46 bits per heavy atom. The lowest BCUT2D eigenvalue weighted by Gasteiger charge is -2.47. The van der Waals surface area contributed by atoms with Crippen molar-refractivity contribution in [1.82, 2.24) is 5.32 Å². The second-order valence-corrected chi connectivity index (χ2v) is 11.8. The van der Waals surface area contributed by atoms with Gasteiger partial charge in [-0.15, -0.1) is 0 Å². The third-order valence-electron chi connectivity index (χ3n) is 2.55. The molecule has 13 heavy (non-hydrogen) atoms. The van der Waals surface area contributed by atoms with Gasteiger partial charge in [-0.2, -0.15) is 0 Å². The zero-order chi connectivity index (χ0) is 10.7. The van der Waals surface area contributed by atoms with Crippen molar-refractivity contribution in [3.63, 3.8) is 0 Å². The number of hydrogen-bond donors (Lipinski definition) is 1. The number of nitrogens with one attached hydrogen (secondary N) is 1. The van der Waals surface area contributed by atoms with Crippen LogP contribution in [0.3, 0.4) is 0 Å². The fourth-order valence-electron chi connectivity index (χ4n) is 1.33. The molecular weight excluding hydrogens is 194 g/mol. The van der Waals surface area contributed by atoms with Gasteiger partial charge in [0.1, 0.15) is 0 Å². The monoisotopic (exact) mass is 218 g/mol. The van der Waals surface area contributed by atoms with E-state index in [-0.39, 0.29) is 5.22 Å². The molecule has 0 aliphatic carbocycles. The average Bonchev–Trinajstić information content (AvgIpc) is 1.82. The molecule has 0 spiro atoms. The summed E-state index contributed by atoms with van der Waals surface area (Å²) >= 11 is 0. The Morgan fingerprint density at radius 2 is 1.92 bits per heavy atom. The van der Waals surface area contributed by atoms with Crippen LogP contribution >= 0.6 is 0 Å². The fraction of sp³-hybridized carbons (Fsp3) is 0.889. The zero-order valence-electron chi connectivity index (χ0n) is 9.90. The van der Waals surface area contributed by atoms with E-state index in [2.05, 4.69) is 45.4 Å². The summed E-state index contributed by atoms with van der Waals surface area (Å²) in [6, 6.07) is 0. The van der Waals surface area contributed by atoms with E-state index < -0.39 is 17.1 Å². The van der Waals surface area contributed by atoms with Crippen molar-refractivity contribution in [3.8, 4) is 0 Å². The third-order valence-corrected chi connectivity index (χ3v) is 8.01. The highest BCUT2D eigenvalue weighted by Gasteiger charge is 2.33. The van der Waals surface area contributed by atoms with Gasteiger partial charge in [0.15, 0.2) is 9.04 Å². The van der Waals surface area contributed by atoms with Gasteiger partial charge in [-0.1, -0.05) is 6.55 Å².